The van der Waals surface area contributed by atoms with Gasteiger partial charge >= 0.3 is 0 Å². The van der Waals surface area contributed by atoms with Crippen molar-refractivity contribution >= 4 is 0 Å². The van der Waals surface area contributed by atoms with Gasteiger partial charge in [-0.2, -0.15) is 4.98 Å². The molecule has 0 saturated carbocycles. The average molecular weight is 259 g/mol. The van der Waals surface area contributed by atoms with Gasteiger partial charge in [0.15, 0.2) is 0 Å². The molecule has 0 spiro atoms. The fourth-order valence-electron chi connectivity index (χ4n) is 1.91. The summed E-state index contributed by atoms with van der Waals surface area (Å²) in [5.74, 6) is 1.89. The van der Waals surface area contributed by atoms with Crippen LogP contribution in [0.3, 0.4) is 0 Å². The van der Waals surface area contributed by atoms with Gasteiger partial charge in [-0.3, -0.25) is 0 Å². The molecule has 0 saturated heterocycles. The van der Waals surface area contributed by atoms with Crippen LogP contribution in [0.25, 0.3) is 11.4 Å². The standard InChI is InChI=1S/C15H21N3O/c1-11(2)12-6-8-13(9-7-12)15-17-14(19-18-15)5-3-4-10-16/h6-9,11H,3-5,10,16H2,1-2H3. The maximum atomic E-state index is 5.46. The van der Waals surface area contributed by atoms with Gasteiger partial charge in [-0.1, -0.05) is 43.3 Å². The number of nitrogens with zero attached hydrogens (tertiary/aromatic N) is 2. The third kappa shape index (κ3) is 3.64. The molecule has 2 N–H and O–H groups in total. The summed E-state index contributed by atoms with van der Waals surface area (Å²) in [6.07, 6.45) is 2.78. The smallest absolute Gasteiger partial charge is 0.226 e. The lowest BCUT2D eigenvalue weighted by atomic mass is 10.0. The zero-order valence-corrected chi connectivity index (χ0v) is 11.6. The number of unbranched alkanes of at least 4 members (excludes halogenated alkanes) is 1. The number of hydrogen-bond acceptors (Lipinski definition) is 4. The van der Waals surface area contributed by atoms with Gasteiger partial charge in [-0.25, -0.2) is 0 Å². The van der Waals surface area contributed by atoms with E-state index in [9.17, 15) is 0 Å². The second kappa shape index (κ2) is 6.48. The number of hydrogen-bond donors (Lipinski definition) is 1. The van der Waals surface area contributed by atoms with Crippen molar-refractivity contribution in [3.8, 4) is 11.4 Å². The quantitative estimate of drug-likeness (QED) is 0.809. The van der Waals surface area contributed by atoms with E-state index in [1.54, 1.807) is 0 Å². The van der Waals surface area contributed by atoms with Gasteiger partial charge in [0.1, 0.15) is 0 Å². The Bertz CT molecular complexity index is 502. The molecule has 1 heterocycles. The predicted octanol–water partition coefficient (Wildman–Crippen LogP) is 3.14. The summed E-state index contributed by atoms with van der Waals surface area (Å²) >= 11 is 0. The van der Waals surface area contributed by atoms with Crippen molar-refractivity contribution < 1.29 is 4.52 Å². The highest BCUT2D eigenvalue weighted by Crippen LogP contribution is 2.20. The molecule has 0 aliphatic rings. The Morgan fingerprint density at radius 1 is 1.16 bits per heavy atom. The Morgan fingerprint density at radius 2 is 1.89 bits per heavy atom. The van der Waals surface area contributed by atoms with Crippen molar-refractivity contribution in [2.45, 2.75) is 39.0 Å². The maximum Gasteiger partial charge on any atom is 0.226 e. The molecule has 0 fully saturated rings. The van der Waals surface area contributed by atoms with Crippen LogP contribution in [0.2, 0.25) is 0 Å². The second-order valence-electron chi connectivity index (χ2n) is 5.03. The lowest BCUT2D eigenvalue weighted by Crippen LogP contribution is -1.99. The van der Waals surface area contributed by atoms with Crippen LogP contribution in [0, 0.1) is 0 Å². The van der Waals surface area contributed by atoms with Crippen LogP contribution in [0.15, 0.2) is 28.8 Å². The molecular formula is C15H21N3O. The van der Waals surface area contributed by atoms with E-state index in [2.05, 4.69) is 36.1 Å². The zero-order valence-electron chi connectivity index (χ0n) is 11.6. The van der Waals surface area contributed by atoms with Crippen molar-refractivity contribution in [3.63, 3.8) is 0 Å². The first-order valence-electron chi connectivity index (χ1n) is 6.83. The zero-order chi connectivity index (χ0) is 13.7. The van der Waals surface area contributed by atoms with Crippen molar-refractivity contribution in [1.29, 1.82) is 0 Å². The van der Waals surface area contributed by atoms with Crippen LogP contribution in [0.1, 0.15) is 44.1 Å². The Balaban J connectivity index is 2.05. The minimum atomic E-state index is 0.533. The van der Waals surface area contributed by atoms with Gasteiger partial charge in [0.05, 0.1) is 0 Å². The fourth-order valence-corrected chi connectivity index (χ4v) is 1.91. The van der Waals surface area contributed by atoms with Gasteiger partial charge in [0, 0.05) is 12.0 Å². The summed E-state index contributed by atoms with van der Waals surface area (Å²) in [5.41, 5.74) is 7.77. The first-order valence-corrected chi connectivity index (χ1v) is 6.83. The topological polar surface area (TPSA) is 64.9 Å². The Hall–Kier alpha value is -1.68. The third-order valence-corrected chi connectivity index (χ3v) is 3.15. The van der Waals surface area contributed by atoms with Crippen molar-refractivity contribution in [3.05, 3.63) is 35.7 Å². The summed E-state index contributed by atoms with van der Waals surface area (Å²) in [7, 11) is 0. The lowest BCUT2D eigenvalue weighted by molar-refractivity contribution is 0.375. The van der Waals surface area contributed by atoms with E-state index in [1.807, 2.05) is 12.1 Å². The number of nitrogens with two attached hydrogens (primary N) is 1. The summed E-state index contributed by atoms with van der Waals surface area (Å²) < 4.78 is 5.24. The third-order valence-electron chi connectivity index (χ3n) is 3.15. The van der Waals surface area contributed by atoms with Crippen molar-refractivity contribution in [1.82, 2.24) is 10.1 Å². The van der Waals surface area contributed by atoms with Crippen LogP contribution < -0.4 is 5.73 Å². The van der Waals surface area contributed by atoms with Gasteiger partial charge in [-0.15, -0.1) is 0 Å². The molecule has 0 amide bonds. The molecular weight excluding hydrogens is 238 g/mol. The molecule has 0 radical (unpaired) electrons. The van der Waals surface area contributed by atoms with E-state index in [-0.39, 0.29) is 0 Å². The fraction of sp³-hybridized carbons (Fsp3) is 0.467. The molecule has 1 aromatic carbocycles. The summed E-state index contributed by atoms with van der Waals surface area (Å²) in [5, 5.41) is 4.02. The van der Waals surface area contributed by atoms with E-state index in [1.165, 1.54) is 5.56 Å². The molecule has 4 nitrogen and oxygen atoms in total. The molecule has 19 heavy (non-hydrogen) atoms. The molecule has 102 valence electrons. The molecule has 2 rings (SSSR count). The van der Waals surface area contributed by atoms with Gasteiger partial charge < -0.3 is 10.3 Å². The number of aryl methyl sites for hydroxylation is 1. The SMILES string of the molecule is CC(C)c1ccc(-c2noc(CCCCN)n2)cc1. The molecule has 0 bridgehead atoms. The first kappa shape index (κ1) is 13.7. The summed E-state index contributed by atoms with van der Waals surface area (Å²) in [6.45, 7) is 5.06. The van der Waals surface area contributed by atoms with E-state index in [4.69, 9.17) is 10.3 Å². The van der Waals surface area contributed by atoms with Crippen LogP contribution in [-0.2, 0) is 6.42 Å². The van der Waals surface area contributed by atoms with E-state index in [0.717, 1.165) is 24.8 Å². The molecule has 4 heteroatoms. The summed E-state index contributed by atoms with van der Waals surface area (Å²) in [6, 6.07) is 8.32. The van der Waals surface area contributed by atoms with Crippen LogP contribution in [0.4, 0.5) is 0 Å². The number of benzene rings is 1. The van der Waals surface area contributed by atoms with Crippen LogP contribution in [-0.4, -0.2) is 16.7 Å². The molecule has 0 aliphatic carbocycles. The maximum absolute atomic E-state index is 5.46. The highest BCUT2D eigenvalue weighted by atomic mass is 16.5. The van der Waals surface area contributed by atoms with Gasteiger partial charge in [0.25, 0.3) is 0 Å². The monoisotopic (exact) mass is 259 g/mol. The minimum absolute atomic E-state index is 0.533. The minimum Gasteiger partial charge on any atom is -0.339 e. The summed E-state index contributed by atoms with van der Waals surface area (Å²) in [4.78, 5) is 4.41. The van der Waals surface area contributed by atoms with Gasteiger partial charge in [-0.05, 0) is 30.9 Å². The molecule has 0 unspecified atom stereocenters. The molecule has 1 aromatic heterocycles. The predicted molar refractivity (Wildman–Crippen MR) is 75.8 cm³/mol. The van der Waals surface area contributed by atoms with Crippen molar-refractivity contribution in [2.75, 3.05) is 6.54 Å². The average Bonchev–Trinajstić information content (AvgIpc) is 2.88. The molecule has 2 aromatic rings. The number of rotatable bonds is 6. The van der Waals surface area contributed by atoms with E-state index < -0.39 is 0 Å². The Labute approximate surface area is 114 Å². The second-order valence-corrected chi connectivity index (χ2v) is 5.03. The number of aromatic nitrogens is 2. The normalized spacial score (nSPS) is 11.2. The molecule has 0 atom stereocenters. The molecule has 0 aliphatic heterocycles. The Kier molecular flexibility index (Phi) is 4.68. The van der Waals surface area contributed by atoms with E-state index in [0.29, 0.717) is 24.2 Å². The first-order chi connectivity index (χ1) is 9.20. The Morgan fingerprint density at radius 3 is 2.53 bits per heavy atom. The lowest BCUT2D eigenvalue weighted by Gasteiger charge is -2.04. The van der Waals surface area contributed by atoms with Gasteiger partial charge in [0.2, 0.25) is 11.7 Å². The van der Waals surface area contributed by atoms with Crippen molar-refractivity contribution in [2.24, 2.45) is 5.73 Å². The van der Waals surface area contributed by atoms with Crippen LogP contribution in [0.5, 0.6) is 0 Å². The largest absolute Gasteiger partial charge is 0.339 e. The highest BCUT2D eigenvalue weighted by molar-refractivity contribution is 5.54. The van der Waals surface area contributed by atoms with Crippen LogP contribution >= 0.6 is 0 Å². The van der Waals surface area contributed by atoms with E-state index >= 15 is 0 Å². The highest BCUT2D eigenvalue weighted by Gasteiger charge is 2.08.